The molecule has 0 aromatic carbocycles. The molecule has 0 spiro atoms. The third kappa shape index (κ3) is 2.50. The molecule has 0 bridgehead atoms. The van der Waals surface area contributed by atoms with E-state index in [1.54, 1.807) is 0 Å². The third-order valence-electron chi connectivity index (χ3n) is 1.61. The minimum Gasteiger partial charge on any atom is -0.480 e. The number of hydrogen-bond acceptors (Lipinski definition) is 7. The molecular weight excluding hydrogens is 256 g/mol. The summed E-state index contributed by atoms with van der Waals surface area (Å²) in [6.45, 7) is 0. The van der Waals surface area contributed by atoms with Crippen LogP contribution in [0, 0.1) is 0 Å². The van der Waals surface area contributed by atoms with E-state index in [2.05, 4.69) is 9.47 Å². The highest BCUT2D eigenvalue weighted by Gasteiger charge is 2.38. The lowest BCUT2D eigenvalue weighted by atomic mass is 10.3. The van der Waals surface area contributed by atoms with Crippen molar-refractivity contribution in [2.45, 2.75) is 4.58 Å². The summed E-state index contributed by atoms with van der Waals surface area (Å²) in [5.41, 5.74) is -0.252. The topological polar surface area (TPSA) is 89.9 Å². The number of methoxy groups -OCH3 is 2. The van der Waals surface area contributed by atoms with Crippen molar-refractivity contribution < 1.29 is 29.0 Å². The van der Waals surface area contributed by atoms with Crippen LogP contribution in [0.5, 0.6) is 0 Å². The van der Waals surface area contributed by atoms with E-state index in [-0.39, 0.29) is 5.57 Å². The highest BCUT2D eigenvalue weighted by molar-refractivity contribution is 8.39. The number of carboxylic acid groups (broad SMARTS) is 1. The molecule has 0 aromatic rings. The number of aliphatic carboxylic acids is 1. The highest BCUT2D eigenvalue weighted by atomic mass is 32.3. The van der Waals surface area contributed by atoms with Gasteiger partial charge in [-0.25, -0.2) is 9.59 Å². The molecule has 0 radical (unpaired) electrons. The number of carbonyl (C=O) groups excluding carboxylic acids is 2. The average molecular weight is 264 g/mol. The summed E-state index contributed by atoms with van der Waals surface area (Å²) in [5.74, 6) is -2.66. The van der Waals surface area contributed by atoms with Crippen molar-refractivity contribution in [2.24, 2.45) is 0 Å². The molecule has 1 aliphatic rings. The fourth-order valence-electron chi connectivity index (χ4n) is 0.876. The van der Waals surface area contributed by atoms with Crippen LogP contribution in [0.1, 0.15) is 0 Å². The second-order valence-electron chi connectivity index (χ2n) is 2.55. The molecule has 6 nitrogen and oxygen atoms in total. The van der Waals surface area contributed by atoms with Crippen molar-refractivity contribution in [1.29, 1.82) is 0 Å². The Kier molecular flexibility index (Phi) is 4.25. The van der Waals surface area contributed by atoms with Gasteiger partial charge in [0.1, 0.15) is 0 Å². The number of hydrogen-bond donors (Lipinski definition) is 1. The molecule has 1 rings (SSSR count). The molecule has 88 valence electrons. The Hall–Kier alpha value is -1.15. The largest absolute Gasteiger partial charge is 0.480 e. The Morgan fingerprint density at radius 1 is 1.12 bits per heavy atom. The first-order valence-corrected chi connectivity index (χ1v) is 5.74. The van der Waals surface area contributed by atoms with Crippen LogP contribution < -0.4 is 0 Å². The smallest absolute Gasteiger partial charge is 0.347 e. The second kappa shape index (κ2) is 5.26. The summed E-state index contributed by atoms with van der Waals surface area (Å²) < 4.78 is 8.45. The maximum Gasteiger partial charge on any atom is 0.347 e. The summed E-state index contributed by atoms with van der Waals surface area (Å²) in [4.78, 5) is 33.1. The van der Waals surface area contributed by atoms with Gasteiger partial charge in [-0.1, -0.05) is 23.5 Å². The van der Waals surface area contributed by atoms with E-state index in [0.717, 1.165) is 37.7 Å². The van der Waals surface area contributed by atoms with Gasteiger partial charge in [-0.3, -0.25) is 4.79 Å². The Bertz CT molecular complexity index is 349. The molecule has 0 saturated carbocycles. The van der Waals surface area contributed by atoms with Crippen molar-refractivity contribution in [3.63, 3.8) is 0 Å². The van der Waals surface area contributed by atoms with E-state index in [1.807, 2.05) is 0 Å². The van der Waals surface area contributed by atoms with E-state index in [9.17, 15) is 14.4 Å². The third-order valence-corrected chi connectivity index (χ3v) is 4.44. The van der Waals surface area contributed by atoms with E-state index in [1.165, 1.54) is 0 Å². The fraction of sp³-hybridized carbons (Fsp3) is 0.375. The van der Waals surface area contributed by atoms with Gasteiger partial charge in [0.25, 0.3) is 0 Å². The van der Waals surface area contributed by atoms with E-state index in [4.69, 9.17) is 5.11 Å². The summed E-state index contributed by atoms with van der Waals surface area (Å²) in [7, 11) is 2.27. The fourth-order valence-corrected chi connectivity index (χ4v) is 2.92. The van der Waals surface area contributed by atoms with Crippen molar-refractivity contribution in [2.75, 3.05) is 14.2 Å². The van der Waals surface area contributed by atoms with Gasteiger partial charge in [0, 0.05) is 0 Å². The van der Waals surface area contributed by atoms with Gasteiger partial charge in [-0.2, -0.15) is 0 Å². The monoisotopic (exact) mass is 264 g/mol. The normalized spacial score (nSPS) is 18.4. The predicted octanol–water partition coefficient (Wildman–Crippen LogP) is 0.435. The maximum atomic E-state index is 11.3. The number of carboxylic acids is 1. The number of rotatable bonds is 3. The molecule has 0 unspecified atom stereocenters. The van der Waals surface area contributed by atoms with Crippen LogP contribution in [-0.2, 0) is 23.9 Å². The lowest BCUT2D eigenvalue weighted by Gasteiger charge is -2.24. The van der Waals surface area contributed by atoms with Gasteiger partial charge in [0.05, 0.1) is 18.5 Å². The van der Waals surface area contributed by atoms with Crippen LogP contribution in [0.15, 0.2) is 9.81 Å². The van der Waals surface area contributed by atoms with Crippen LogP contribution in [0.2, 0.25) is 0 Å². The molecule has 1 saturated heterocycles. The van der Waals surface area contributed by atoms with Gasteiger partial charge < -0.3 is 14.6 Å². The summed E-state index contributed by atoms with van der Waals surface area (Å²) in [6.07, 6.45) is 0. The Labute approximate surface area is 99.4 Å². The van der Waals surface area contributed by atoms with Crippen LogP contribution in [0.4, 0.5) is 0 Å². The molecule has 1 fully saturated rings. The first-order valence-electron chi connectivity index (χ1n) is 3.98. The second-order valence-corrected chi connectivity index (χ2v) is 5.34. The van der Waals surface area contributed by atoms with E-state index < -0.39 is 22.5 Å². The van der Waals surface area contributed by atoms with Crippen molar-refractivity contribution >= 4 is 41.4 Å². The van der Waals surface area contributed by atoms with E-state index in [0.29, 0.717) is 4.24 Å². The van der Waals surface area contributed by atoms with Crippen LogP contribution >= 0.6 is 23.5 Å². The summed E-state index contributed by atoms with van der Waals surface area (Å²) in [5, 5.41) is 8.63. The molecule has 0 atom stereocenters. The molecule has 8 heteroatoms. The van der Waals surface area contributed by atoms with Crippen LogP contribution in [-0.4, -0.2) is 41.8 Å². The van der Waals surface area contributed by atoms with Gasteiger partial charge in [0.15, 0.2) is 10.2 Å². The number of thioether (sulfide) groups is 2. The SMILES string of the molecule is COC(=O)C(C(=O)OC)=C1SC(C(=O)O)S1. The summed E-state index contributed by atoms with van der Waals surface area (Å²) >= 11 is 1.84. The summed E-state index contributed by atoms with van der Waals surface area (Å²) in [6, 6.07) is 0. The maximum absolute atomic E-state index is 11.3. The molecule has 16 heavy (non-hydrogen) atoms. The molecule has 0 aliphatic carbocycles. The van der Waals surface area contributed by atoms with Crippen molar-refractivity contribution in [3.05, 3.63) is 9.81 Å². The molecule has 0 aromatic heterocycles. The number of esters is 2. The van der Waals surface area contributed by atoms with Crippen molar-refractivity contribution in [1.82, 2.24) is 0 Å². The quantitative estimate of drug-likeness (QED) is 0.340. The lowest BCUT2D eigenvalue weighted by Crippen LogP contribution is -2.24. The van der Waals surface area contributed by atoms with E-state index >= 15 is 0 Å². The van der Waals surface area contributed by atoms with Gasteiger partial charge >= 0.3 is 17.9 Å². The predicted molar refractivity (Wildman–Crippen MR) is 57.7 cm³/mol. The lowest BCUT2D eigenvalue weighted by molar-refractivity contribution is -0.144. The number of ether oxygens (including phenoxy) is 2. The van der Waals surface area contributed by atoms with Gasteiger partial charge in [-0.05, 0) is 0 Å². The zero-order chi connectivity index (χ0) is 12.3. The van der Waals surface area contributed by atoms with Crippen molar-refractivity contribution in [3.8, 4) is 0 Å². The molecule has 1 aliphatic heterocycles. The molecule has 1 N–H and O–H groups in total. The highest BCUT2D eigenvalue weighted by Crippen LogP contribution is 2.52. The zero-order valence-corrected chi connectivity index (χ0v) is 10.0. The number of carbonyl (C=O) groups is 3. The average Bonchev–Trinajstić information content (AvgIpc) is 2.19. The minimum atomic E-state index is -1.01. The minimum absolute atomic E-state index is 0.252. The first kappa shape index (κ1) is 12.9. The zero-order valence-electron chi connectivity index (χ0n) is 8.38. The standard InChI is InChI=1S/C8H8O6S2/c1-13-5(11)3(6(12)14-2)7-15-8(16-7)4(9)10/h8H,1-2H3,(H,9,10). The Balaban J connectivity index is 2.87. The van der Waals surface area contributed by atoms with Gasteiger partial charge in [-0.15, -0.1) is 0 Å². The molecular formula is C8H8O6S2. The molecule has 0 amide bonds. The molecule has 1 heterocycles. The van der Waals surface area contributed by atoms with Crippen LogP contribution in [0.3, 0.4) is 0 Å². The van der Waals surface area contributed by atoms with Crippen LogP contribution in [0.25, 0.3) is 0 Å². The van der Waals surface area contributed by atoms with Gasteiger partial charge in [0.2, 0.25) is 0 Å². The first-order chi connectivity index (χ1) is 7.51. The Morgan fingerprint density at radius 3 is 1.88 bits per heavy atom. The Morgan fingerprint density at radius 2 is 1.56 bits per heavy atom.